The van der Waals surface area contributed by atoms with E-state index < -0.39 is 30.0 Å². The number of hydrogen-bond donors (Lipinski definition) is 1. The second-order valence-corrected chi connectivity index (χ2v) is 22.6. The molecule has 0 saturated heterocycles. The lowest BCUT2D eigenvalue weighted by Gasteiger charge is -2.19. The number of nitrogens with zero attached hydrogens (tertiary/aromatic N) is 7. The predicted octanol–water partition coefficient (Wildman–Crippen LogP) is 14.7. The highest BCUT2D eigenvalue weighted by atomic mass is 16.5. The van der Waals surface area contributed by atoms with Gasteiger partial charge in [0.2, 0.25) is 0 Å². The van der Waals surface area contributed by atoms with Gasteiger partial charge in [-0.2, -0.15) is 0 Å². The number of fused-ring (bicyclic) bond motifs is 20. The van der Waals surface area contributed by atoms with Crippen molar-refractivity contribution < 1.29 is 38.1 Å². The van der Waals surface area contributed by atoms with Crippen molar-refractivity contribution in [1.29, 1.82) is 0 Å². The van der Waals surface area contributed by atoms with Gasteiger partial charge < -0.3 is 24.3 Å². The van der Waals surface area contributed by atoms with Gasteiger partial charge in [0.15, 0.2) is 35.3 Å². The van der Waals surface area contributed by atoms with E-state index in [0.29, 0.717) is 87.0 Å². The van der Waals surface area contributed by atoms with Crippen molar-refractivity contribution in [3.8, 4) is 0 Å². The Morgan fingerprint density at radius 2 is 0.716 bits per heavy atom. The van der Waals surface area contributed by atoms with E-state index in [1.165, 1.54) is 0 Å². The van der Waals surface area contributed by atoms with E-state index in [0.717, 1.165) is 72.9 Å². The Bertz CT molecular complexity index is 4470. The van der Waals surface area contributed by atoms with Crippen molar-refractivity contribution >= 4 is 108 Å². The molecule has 0 radical (unpaired) electrons. The van der Waals surface area contributed by atoms with E-state index >= 15 is 19.2 Å². The number of esters is 4. The van der Waals surface area contributed by atoms with E-state index in [1.54, 1.807) is 36.4 Å². The maximum Gasteiger partial charge on any atom is 0.339 e. The van der Waals surface area contributed by atoms with Crippen LogP contribution >= 0.6 is 0 Å². The Hall–Kier alpha value is -9.83. The average molecular weight is 1170 g/mol. The summed E-state index contributed by atoms with van der Waals surface area (Å²) in [7, 11) is 0. The van der Waals surface area contributed by atoms with Crippen molar-refractivity contribution in [3.63, 3.8) is 0 Å². The molecule has 5 heterocycles. The summed E-state index contributed by atoms with van der Waals surface area (Å²) in [6.45, 7) is 8.83. The lowest BCUT2D eigenvalue weighted by molar-refractivity contribution is 0.0485. The van der Waals surface area contributed by atoms with Gasteiger partial charge in [-0.25, -0.2) is 54.1 Å². The maximum absolute atomic E-state index is 15.3. The summed E-state index contributed by atoms with van der Waals surface area (Å²) in [6.07, 6.45) is 8.12. The van der Waals surface area contributed by atoms with Gasteiger partial charge in [-0.1, -0.05) is 176 Å². The molecule has 88 heavy (non-hydrogen) atoms. The molecule has 442 valence electrons. The second kappa shape index (κ2) is 24.9. The van der Waals surface area contributed by atoms with Gasteiger partial charge in [0, 0.05) is 44.5 Å². The zero-order valence-corrected chi connectivity index (χ0v) is 49.8. The molecule has 0 aromatic heterocycles. The van der Waals surface area contributed by atoms with Crippen molar-refractivity contribution in [2.75, 3.05) is 26.4 Å². The molecule has 0 amide bonds. The molecule has 8 bridgehead atoms. The molecule has 16 nitrogen and oxygen atoms in total. The second-order valence-electron chi connectivity index (χ2n) is 22.6. The third-order valence-corrected chi connectivity index (χ3v) is 16.7. The lowest BCUT2D eigenvalue weighted by atomic mass is 9.88. The smallest absolute Gasteiger partial charge is 0.339 e. The minimum Gasteiger partial charge on any atom is -0.462 e. The number of benzene rings is 8. The van der Waals surface area contributed by atoms with Crippen LogP contribution in [0, 0.1) is 0 Å². The molecular formula is C72H66N8O8. The van der Waals surface area contributed by atoms with Crippen LogP contribution in [0.1, 0.15) is 197 Å². The van der Waals surface area contributed by atoms with Crippen molar-refractivity contribution in [2.24, 2.45) is 34.9 Å². The number of amidine groups is 7. The first-order valence-corrected chi connectivity index (χ1v) is 31.0. The number of unbranched alkanes of at least 4 members (excludes halogenated alkanes) is 8. The first kappa shape index (κ1) is 57.3. The van der Waals surface area contributed by atoms with Crippen LogP contribution in [0.15, 0.2) is 156 Å². The van der Waals surface area contributed by atoms with Crippen molar-refractivity contribution in [1.82, 2.24) is 5.32 Å². The molecule has 8 aromatic carbocycles. The van der Waals surface area contributed by atoms with E-state index in [9.17, 15) is 0 Å². The molecule has 8 aromatic rings. The van der Waals surface area contributed by atoms with Crippen LogP contribution in [-0.4, -0.2) is 91.2 Å². The zero-order valence-electron chi connectivity index (χ0n) is 49.8. The summed E-state index contributed by atoms with van der Waals surface area (Å²) in [5.74, 6) is -1.36. The van der Waals surface area contributed by atoms with Crippen LogP contribution in [0.5, 0.6) is 0 Å². The minimum absolute atomic E-state index is 0.0518. The summed E-state index contributed by atoms with van der Waals surface area (Å²) >= 11 is 0. The van der Waals surface area contributed by atoms with E-state index in [1.807, 2.05) is 84.9 Å². The SMILES string of the molecule is CCCCCOC(=O)c1c2c(c(C(=O)OCCCCC)c3ccccc13)C1=NC2=NC2=NC(N=C3N=C(N=C4N=C(N1)c1cc5ccccc5cc14)c1cc4ccccc4cc13)c1c2c(C(=O)OCCCCC)c2ccccc2c1C(=O)OCCCCC. The molecule has 13 rings (SSSR count). The Morgan fingerprint density at radius 3 is 1.20 bits per heavy atom. The Kier molecular flexibility index (Phi) is 16.2. The Morgan fingerprint density at radius 1 is 0.364 bits per heavy atom. The number of carbonyl (C=O) groups excluding carboxylic acids is 4. The number of aliphatic imine (C=N–C) groups is 7. The lowest BCUT2D eigenvalue weighted by Crippen LogP contribution is -2.32. The topological polar surface area (TPSA) is 204 Å². The van der Waals surface area contributed by atoms with Crippen LogP contribution in [0.3, 0.4) is 0 Å². The minimum atomic E-state index is -1.30. The predicted molar refractivity (Wildman–Crippen MR) is 347 cm³/mol. The highest BCUT2D eigenvalue weighted by molar-refractivity contribution is 6.39. The molecule has 0 spiro atoms. The molecule has 1 unspecified atom stereocenters. The van der Waals surface area contributed by atoms with Crippen LogP contribution in [0.2, 0.25) is 0 Å². The van der Waals surface area contributed by atoms with E-state index in [2.05, 4.69) is 33.0 Å². The molecular weight excluding hydrogens is 1100 g/mol. The molecule has 5 aliphatic heterocycles. The van der Waals surface area contributed by atoms with Gasteiger partial charge in [-0.15, -0.1) is 0 Å². The maximum atomic E-state index is 15.3. The van der Waals surface area contributed by atoms with Crippen LogP contribution < -0.4 is 5.32 Å². The summed E-state index contributed by atoms with van der Waals surface area (Å²) in [4.78, 5) is 98.7. The van der Waals surface area contributed by atoms with Gasteiger partial charge in [-0.3, -0.25) is 0 Å². The van der Waals surface area contributed by atoms with Gasteiger partial charge in [0.05, 0.1) is 48.7 Å². The number of nitrogens with one attached hydrogen (secondary N) is 1. The fourth-order valence-corrected chi connectivity index (χ4v) is 12.3. The molecule has 0 aliphatic carbocycles. The standard InChI is InChI=1S/C72H66N8O8/c1-5-9-21-33-85-69(81)53-45-29-17-19-31-47(45)55(71(83)87-35-23-11-7-3)59-57(53)65-76-63-51-39-43-27-15-13-25-41(43)37-49(51)61(74-63)73-62-50-38-42-26-14-16-28-44(42)40-52(50)64(75-62)77-66-58-54(70(82)86-34-22-10-6-2)46-30-18-20-32-48(46)56(72(84)88-36-24-12-8-4)60(58)68(79-66)80-67(59)78-65/h13-20,25-32,37-40,65H,5-12,21-24,33-36H2,1-4H3,(H,73,74,75,76,77,78,79,80). The average Bonchev–Trinajstić information content (AvgIpc) is 1.54. The van der Waals surface area contributed by atoms with E-state index in [4.69, 9.17) is 53.9 Å². The summed E-state index contributed by atoms with van der Waals surface area (Å²) in [5, 5.41) is 8.98. The highest BCUT2D eigenvalue weighted by Gasteiger charge is 2.43. The summed E-state index contributed by atoms with van der Waals surface area (Å²) in [5.41, 5.74) is 3.95. The largest absolute Gasteiger partial charge is 0.462 e. The highest BCUT2D eigenvalue weighted by Crippen LogP contribution is 2.45. The molecule has 1 atom stereocenters. The van der Waals surface area contributed by atoms with Gasteiger partial charge in [-0.05, 0) is 93.0 Å². The molecule has 16 heteroatoms. The first-order valence-electron chi connectivity index (χ1n) is 31.0. The van der Waals surface area contributed by atoms with Gasteiger partial charge in [0.25, 0.3) is 0 Å². The molecule has 5 aliphatic rings. The zero-order chi connectivity index (χ0) is 60.4. The number of rotatable bonds is 20. The van der Waals surface area contributed by atoms with Crippen LogP contribution in [0.25, 0.3) is 43.1 Å². The van der Waals surface area contributed by atoms with Gasteiger partial charge >= 0.3 is 23.9 Å². The quantitative estimate of drug-likeness (QED) is 0.0437. The Balaban J connectivity index is 1.15. The van der Waals surface area contributed by atoms with Crippen LogP contribution in [0.4, 0.5) is 0 Å². The van der Waals surface area contributed by atoms with Crippen molar-refractivity contribution in [2.45, 2.75) is 111 Å². The normalized spacial score (nSPS) is 15.0. The monoisotopic (exact) mass is 1170 g/mol. The Labute approximate surface area is 509 Å². The number of hydrogen-bond acceptors (Lipinski definition) is 16. The van der Waals surface area contributed by atoms with Crippen molar-refractivity contribution in [3.05, 3.63) is 188 Å². The van der Waals surface area contributed by atoms with Crippen LogP contribution in [-0.2, 0) is 18.9 Å². The fraction of sp³-hybridized carbons (Fsp3) is 0.292. The molecule has 1 N–H and O–H groups in total. The third-order valence-electron chi connectivity index (χ3n) is 16.7. The first-order chi connectivity index (χ1) is 43.2. The fourth-order valence-electron chi connectivity index (χ4n) is 12.3. The molecule has 0 saturated carbocycles. The summed E-state index contributed by atoms with van der Waals surface area (Å²) < 4.78 is 24.8. The molecule has 0 fully saturated rings. The van der Waals surface area contributed by atoms with Gasteiger partial charge in [0.1, 0.15) is 11.7 Å². The number of ether oxygens (including phenoxy) is 4. The summed E-state index contributed by atoms with van der Waals surface area (Å²) in [6, 6.07) is 38.5. The number of carbonyl (C=O) groups is 4. The van der Waals surface area contributed by atoms with E-state index in [-0.39, 0.29) is 94.3 Å². The third kappa shape index (κ3) is 10.5.